The fraction of sp³-hybridized carbons (Fsp3) is 0.438. The molecule has 2 aromatic rings. The second-order valence-corrected chi connectivity index (χ2v) is 5.31. The largest absolute Gasteiger partial charge is 0.462 e. The van der Waals surface area contributed by atoms with Gasteiger partial charge in [0.05, 0.1) is 12.0 Å². The Labute approximate surface area is 122 Å². The van der Waals surface area contributed by atoms with E-state index in [1.54, 1.807) is 31.5 Å². The number of carbonyl (C=O) groups is 1. The van der Waals surface area contributed by atoms with Crippen molar-refractivity contribution in [2.75, 3.05) is 6.61 Å². The summed E-state index contributed by atoms with van der Waals surface area (Å²) in [7, 11) is 0. The van der Waals surface area contributed by atoms with Crippen molar-refractivity contribution in [2.45, 2.75) is 38.6 Å². The Morgan fingerprint density at radius 2 is 2.19 bits per heavy atom. The summed E-state index contributed by atoms with van der Waals surface area (Å²) in [5.41, 5.74) is 0.456. The highest BCUT2D eigenvalue weighted by atomic mass is 16.5. The van der Waals surface area contributed by atoms with E-state index in [0.29, 0.717) is 17.1 Å². The molecule has 0 radical (unpaired) electrons. The highest BCUT2D eigenvalue weighted by Gasteiger charge is 2.22. The van der Waals surface area contributed by atoms with Crippen molar-refractivity contribution < 1.29 is 9.53 Å². The molecule has 21 heavy (non-hydrogen) atoms. The van der Waals surface area contributed by atoms with E-state index in [1.165, 1.54) is 12.8 Å². The number of aromatic nitrogens is 2. The van der Waals surface area contributed by atoms with Gasteiger partial charge in [-0.15, -0.1) is 0 Å². The van der Waals surface area contributed by atoms with Crippen LogP contribution in [0.2, 0.25) is 0 Å². The van der Waals surface area contributed by atoms with E-state index in [2.05, 4.69) is 4.98 Å². The zero-order valence-corrected chi connectivity index (χ0v) is 12.0. The van der Waals surface area contributed by atoms with Crippen LogP contribution in [0.5, 0.6) is 0 Å². The van der Waals surface area contributed by atoms with Crippen LogP contribution in [0.4, 0.5) is 0 Å². The van der Waals surface area contributed by atoms with Gasteiger partial charge in [-0.1, -0.05) is 12.8 Å². The molecule has 5 nitrogen and oxygen atoms in total. The summed E-state index contributed by atoms with van der Waals surface area (Å²) in [4.78, 5) is 28.8. The fourth-order valence-corrected chi connectivity index (χ4v) is 3.00. The maximum atomic E-state index is 12.5. The second kappa shape index (κ2) is 5.68. The number of fused-ring (bicyclic) bond motifs is 1. The number of ether oxygens (including phenoxy) is 1. The van der Waals surface area contributed by atoms with Crippen LogP contribution in [-0.2, 0) is 4.74 Å². The van der Waals surface area contributed by atoms with E-state index in [1.807, 2.05) is 4.57 Å². The smallest absolute Gasteiger partial charge is 0.343 e. The predicted molar refractivity (Wildman–Crippen MR) is 79.5 cm³/mol. The van der Waals surface area contributed by atoms with Gasteiger partial charge in [0.15, 0.2) is 0 Å². The first-order chi connectivity index (χ1) is 10.2. The maximum absolute atomic E-state index is 12.5. The van der Waals surface area contributed by atoms with E-state index in [4.69, 9.17) is 4.74 Å². The molecule has 0 bridgehead atoms. The van der Waals surface area contributed by atoms with Gasteiger partial charge in [0.25, 0.3) is 0 Å². The highest BCUT2D eigenvalue weighted by Crippen LogP contribution is 2.31. The van der Waals surface area contributed by atoms with Crippen LogP contribution in [-0.4, -0.2) is 22.1 Å². The van der Waals surface area contributed by atoms with Gasteiger partial charge in [0, 0.05) is 18.4 Å². The zero-order valence-electron chi connectivity index (χ0n) is 12.0. The summed E-state index contributed by atoms with van der Waals surface area (Å²) in [5, 5.41) is 0.481. The molecular weight excluding hydrogens is 268 g/mol. The summed E-state index contributed by atoms with van der Waals surface area (Å²) in [6.07, 6.45) is 7.75. The molecule has 0 N–H and O–H groups in total. The summed E-state index contributed by atoms with van der Waals surface area (Å²) < 4.78 is 6.98. The fourth-order valence-electron chi connectivity index (χ4n) is 3.00. The van der Waals surface area contributed by atoms with Crippen molar-refractivity contribution in [2.24, 2.45) is 0 Å². The first kappa shape index (κ1) is 13.8. The molecule has 1 aliphatic rings. The molecule has 0 amide bonds. The van der Waals surface area contributed by atoms with Gasteiger partial charge in [-0.05, 0) is 31.9 Å². The normalized spacial score (nSPS) is 15.5. The average molecular weight is 286 g/mol. The summed E-state index contributed by atoms with van der Waals surface area (Å²) in [6, 6.07) is 3.74. The lowest BCUT2D eigenvalue weighted by Crippen LogP contribution is -2.22. The van der Waals surface area contributed by atoms with E-state index < -0.39 is 5.97 Å². The van der Waals surface area contributed by atoms with E-state index in [9.17, 15) is 9.59 Å². The van der Waals surface area contributed by atoms with E-state index in [0.717, 1.165) is 12.8 Å². The lowest BCUT2D eigenvalue weighted by Gasteiger charge is -2.18. The average Bonchev–Trinajstić information content (AvgIpc) is 3.02. The van der Waals surface area contributed by atoms with Gasteiger partial charge < -0.3 is 9.30 Å². The van der Waals surface area contributed by atoms with Gasteiger partial charge >= 0.3 is 5.97 Å². The van der Waals surface area contributed by atoms with Gasteiger partial charge in [-0.3, -0.25) is 4.79 Å². The predicted octanol–water partition coefficient (Wildman–Crippen LogP) is 2.69. The first-order valence-electron chi connectivity index (χ1n) is 7.39. The third-order valence-electron chi connectivity index (χ3n) is 4.00. The van der Waals surface area contributed by atoms with Gasteiger partial charge in [-0.2, -0.15) is 0 Å². The van der Waals surface area contributed by atoms with Crippen molar-refractivity contribution in [3.8, 4) is 0 Å². The number of nitrogens with zero attached hydrogens (tertiary/aromatic N) is 2. The molecule has 5 heteroatoms. The topological polar surface area (TPSA) is 61.2 Å². The van der Waals surface area contributed by atoms with Gasteiger partial charge in [0.2, 0.25) is 5.43 Å². The molecule has 0 atom stereocenters. The Hall–Kier alpha value is -2.17. The third kappa shape index (κ3) is 2.44. The highest BCUT2D eigenvalue weighted by molar-refractivity contribution is 5.93. The Kier molecular flexibility index (Phi) is 3.73. The molecule has 0 spiro atoms. The number of esters is 1. The molecule has 1 aliphatic carbocycles. The molecule has 1 fully saturated rings. The molecule has 1 saturated carbocycles. The monoisotopic (exact) mass is 286 g/mol. The molecule has 0 aliphatic heterocycles. The molecule has 2 aromatic heterocycles. The van der Waals surface area contributed by atoms with Crippen LogP contribution >= 0.6 is 0 Å². The maximum Gasteiger partial charge on any atom is 0.343 e. The van der Waals surface area contributed by atoms with Crippen molar-refractivity contribution in [3.63, 3.8) is 0 Å². The van der Waals surface area contributed by atoms with Crippen LogP contribution in [0.15, 0.2) is 29.3 Å². The minimum absolute atomic E-state index is 0.101. The Morgan fingerprint density at radius 3 is 2.90 bits per heavy atom. The molecule has 0 aromatic carbocycles. The molecule has 2 heterocycles. The minimum atomic E-state index is -0.556. The van der Waals surface area contributed by atoms with Crippen LogP contribution in [0.25, 0.3) is 11.0 Å². The summed E-state index contributed by atoms with van der Waals surface area (Å²) in [5.74, 6) is -0.556. The van der Waals surface area contributed by atoms with Crippen molar-refractivity contribution >= 4 is 17.0 Å². The number of hydrogen-bond acceptors (Lipinski definition) is 4. The number of rotatable bonds is 3. The minimum Gasteiger partial charge on any atom is -0.462 e. The van der Waals surface area contributed by atoms with E-state index >= 15 is 0 Å². The Morgan fingerprint density at radius 1 is 1.43 bits per heavy atom. The van der Waals surface area contributed by atoms with Crippen molar-refractivity contribution in [1.82, 2.24) is 9.55 Å². The SMILES string of the molecule is CCOC(=O)c1cn(C2CCCC2)c2ncccc2c1=O. The molecular formula is C16H18N2O3. The zero-order chi connectivity index (χ0) is 14.8. The molecule has 0 unspecified atom stereocenters. The Balaban J connectivity index is 2.22. The lowest BCUT2D eigenvalue weighted by molar-refractivity contribution is 0.0524. The van der Waals surface area contributed by atoms with Gasteiger partial charge in [-0.25, -0.2) is 9.78 Å². The quantitative estimate of drug-likeness (QED) is 0.814. The Bertz CT molecular complexity index is 730. The van der Waals surface area contributed by atoms with Gasteiger partial charge in [0.1, 0.15) is 11.2 Å². The standard InChI is InChI=1S/C16H18N2O3/c1-2-21-16(20)13-10-18(11-6-3-4-7-11)15-12(14(13)19)8-5-9-17-15/h5,8-11H,2-4,6-7H2,1H3. The van der Waals surface area contributed by atoms with Crippen molar-refractivity contribution in [3.05, 3.63) is 40.3 Å². The third-order valence-corrected chi connectivity index (χ3v) is 4.00. The van der Waals surface area contributed by atoms with Crippen LogP contribution in [0, 0.1) is 0 Å². The number of pyridine rings is 2. The number of carbonyl (C=O) groups excluding carboxylic acids is 1. The van der Waals surface area contributed by atoms with E-state index in [-0.39, 0.29) is 17.6 Å². The first-order valence-corrected chi connectivity index (χ1v) is 7.39. The summed E-state index contributed by atoms with van der Waals surface area (Å²) in [6.45, 7) is 1.99. The lowest BCUT2D eigenvalue weighted by atomic mass is 10.1. The van der Waals surface area contributed by atoms with Crippen LogP contribution < -0.4 is 5.43 Å². The summed E-state index contributed by atoms with van der Waals surface area (Å²) >= 11 is 0. The van der Waals surface area contributed by atoms with Crippen LogP contribution in [0.3, 0.4) is 0 Å². The second-order valence-electron chi connectivity index (χ2n) is 5.31. The number of hydrogen-bond donors (Lipinski definition) is 0. The van der Waals surface area contributed by atoms with Crippen LogP contribution in [0.1, 0.15) is 49.0 Å². The molecule has 0 saturated heterocycles. The molecule has 110 valence electrons. The molecule has 3 rings (SSSR count). The van der Waals surface area contributed by atoms with Crippen molar-refractivity contribution in [1.29, 1.82) is 0 Å².